The van der Waals surface area contributed by atoms with Crippen LogP contribution in [0.2, 0.25) is 5.02 Å². The van der Waals surface area contributed by atoms with Gasteiger partial charge in [0.15, 0.2) is 5.82 Å². The lowest BCUT2D eigenvalue weighted by atomic mass is 10.2. The number of nitrogens with one attached hydrogen (secondary N) is 2. The van der Waals surface area contributed by atoms with Gasteiger partial charge in [0.2, 0.25) is 5.91 Å². The molecule has 0 saturated carbocycles. The number of anilines is 1. The molecule has 0 aliphatic carbocycles. The molecule has 0 aliphatic heterocycles. The van der Waals surface area contributed by atoms with Gasteiger partial charge in [-0.3, -0.25) is 4.79 Å². The zero-order chi connectivity index (χ0) is 13.7. The van der Waals surface area contributed by atoms with Crippen molar-refractivity contribution in [3.05, 3.63) is 46.7 Å². The zero-order valence-corrected chi connectivity index (χ0v) is 11.2. The van der Waals surface area contributed by atoms with Crippen molar-refractivity contribution in [2.24, 2.45) is 0 Å². The Morgan fingerprint density at radius 2 is 2.21 bits per heavy atom. The summed E-state index contributed by atoms with van der Waals surface area (Å²) in [6.07, 6.45) is 0. The van der Waals surface area contributed by atoms with Crippen LogP contribution in [-0.2, 0) is 11.3 Å². The number of halogens is 1. The number of carbonyl (C=O) groups excluding carboxylic acids is 1. The third-order valence-corrected chi connectivity index (χ3v) is 2.82. The monoisotopic (exact) mass is 279 g/mol. The Morgan fingerprint density at radius 3 is 2.89 bits per heavy atom. The van der Waals surface area contributed by atoms with Gasteiger partial charge >= 0.3 is 0 Å². The number of hydrogen-bond acceptors (Lipinski definition) is 4. The SMILES string of the molecule is Cc1cc(NC(=O)CNCc2ccccc2Cl)no1. The Hall–Kier alpha value is -1.85. The van der Waals surface area contributed by atoms with E-state index in [2.05, 4.69) is 15.8 Å². The molecule has 0 bridgehead atoms. The minimum absolute atomic E-state index is 0.178. The van der Waals surface area contributed by atoms with E-state index in [9.17, 15) is 4.79 Å². The van der Waals surface area contributed by atoms with E-state index in [1.807, 2.05) is 24.3 Å². The maximum Gasteiger partial charge on any atom is 0.239 e. The number of aromatic nitrogens is 1. The highest BCUT2D eigenvalue weighted by Crippen LogP contribution is 2.14. The highest BCUT2D eigenvalue weighted by molar-refractivity contribution is 6.31. The van der Waals surface area contributed by atoms with Crippen molar-refractivity contribution < 1.29 is 9.32 Å². The summed E-state index contributed by atoms with van der Waals surface area (Å²) in [7, 11) is 0. The summed E-state index contributed by atoms with van der Waals surface area (Å²) in [5, 5.41) is 10.0. The van der Waals surface area contributed by atoms with Crippen molar-refractivity contribution in [1.29, 1.82) is 0 Å². The average molecular weight is 280 g/mol. The second-order valence-corrected chi connectivity index (χ2v) is 4.47. The largest absolute Gasteiger partial charge is 0.360 e. The summed E-state index contributed by atoms with van der Waals surface area (Å²) in [6.45, 7) is 2.47. The highest BCUT2D eigenvalue weighted by Gasteiger charge is 2.06. The fourth-order valence-corrected chi connectivity index (χ4v) is 1.77. The summed E-state index contributed by atoms with van der Waals surface area (Å²) in [5.41, 5.74) is 0.953. The van der Waals surface area contributed by atoms with Gasteiger partial charge in [0.1, 0.15) is 5.76 Å². The molecule has 2 aromatic rings. The lowest BCUT2D eigenvalue weighted by molar-refractivity contribution is -0.115. The maximum atomic E-state index is 11.6. The molecule has 2 rings (SSSR count). The van der Waals surface area contributed by atoms with Crippen LogP contribution in [0.5, 0.6) is 0 Å². The smallest absolute Gasteiger partial charge is 0.239 e. The molecular formula is C13H14ClN3O2. The summed E-state index contributed by atoms with van der Waals surface area (Å²) in [5.74, 6) is 0.890. The lowest BCUT2D eigenvalue weighted by Crippen LogP contribution is -2.27. The second-order valence-electron chi connectivity index (χ2n) is 4.07. The predicted octanol–water partition coefficient (Wildman–Crippen LogP) is 2.36. The zero-order valence-electron chi connectivity index (χ0n) is 10.4. The quantitative estimate of drug-likeness (QED) is 0.882. The van der Waals surface area contributed by atoms with Gasteiger partial charge in [-0.15, -0.1) is 0 Å². The molecule has 1 amide bonds. The minimum atomic E-state index is -0.180. The van der Waals surface area contributed by atoms with E-state index in [0.29, 0.717) is 23.1 Å². The standard InChI is InChI=1S/C13H14ClN3O2/c1-9-6-12(17-19-9)16-13(18)8-15-7-10-4-2-3-5-11(10)14/h2-6,15H,7-8H2,1H3,(H,16,17,18). The first-order chi connectivity index (χ1) is 9.15. The molecule has 100 valence electrons. The van der Waals surface area contributed by atoms with Crippen molar-refractivity contribution >= 4 is 23.3 Å². The predicted molar refractivity (Wildman–Crippen MR) is 73.0 cm³/mol. The van der Waals surface area contributed by atoms with Gasteiger partial charge in [0.05, 0.1) is 6.54 Å². The third kappa shape index (κ3) is 4.08. The lowest BCUT2D eigenvalue weighted by Gasteiger charge is -2.06. The topological polar surface area (TPSA) is 67.2 Å². The molecule has 1 heterocycles. The van der Waals surface area contributed by atoms with Crippen LogP contribution < -0.4 is 10.6 Å². The van der Waals surface area contributed by atoms with E-state index in [0.717, 1.165) is 5.56 Å². The molecule has 0 atom stereocenters. The molecule has 19 heavy (non-hydrogen) atoms. The van der Waals surface area contributed by atoms with Gasteiger partial charge in [-0.1, -0.05) is 35.0 Å². The summed E-state index contributed by atoms with van der Waals surface area (Å²) in [4.78, 5) is 11.6. The molecule has 5 nitrogen and oxygen atoms in total. The number of rotatable bonds is 5. The van der Waals surface area contributed by atoms with Crippen LogP contribution in [0.25, 0.3) is 0 Å². The molecule has 1 aromatic heterocycles. The molecule has 0 radical (unpaired) electrons. The van der Waals surface area contributed by atoms with Crippen molar-refractivity contribution in [1.82, 2.24) is 10.5 Å². The Bertz CT molecular complexity index is 569. The van der Waals surface area contributed by atoms with E-state index in [1.54, 1.807) is 13.0 Å². The van der Waals surface area contributed by atoms with E-state index in [4.69, 9.17) is 16.1 Å². The van der Waals surface area contributed by atoms with E-state index < -0.39 is 0 Å². The average Bonchev–Trinajstić information content (AvgIpc) is 2.77. The van der Waals surface area contributed by atoms with Crippen LogP contribution in [0.4, 0.5) is 5.82 Å². The van der Waals surface area contributed by atoms with Crippen LogP contribution in [0, 0.1) is 6.92 Å². The first kappa shape index (κ1) is 13.6. The maximum absolute atomic E-state index is 11.6. The third-order valence-electron chi connectivity index (χ3n) is 2.45. The molecule has 1 aromatic carbocycles. The van der Waals surface area contributed by atoms with Crippen LogP contribution >= 0.6 is 11.6 Å². The highest BCUT2D eigenvalue weighted by atomic mass is 35.5. The van der Waals surface area contributed by atoms with Crippen molar-refractivity contribution in [3.63, 3.8) is 0 Å². The number of amides is 1. The summed E-state index contributed by atoms with van der Waals surface area (Å²) >= 11 is 6.01. The van der Waals surface area contributed by atoms with Crippen molar-refractivity contribution in [2.45, 2.75) is 13.5 Å². The summed E-state index contributed by atoms with van der Waals surface area (Å²) in [6, 6.07) is 9.16. The fourth-order valence-electron chi connectivity index (χ4n) is 1.56. The van der Waals surface area contributed by atoms with E-state index in [1.165, 1.54) is 0 Å². The van der Waals surface area contributed by atoms with E-state index >= 15 is 0 Å². The first-order valence-corrected chi connectivity index (χ1v) is 6.20. The van der Waals surface area contributed by atoms with Crippen LogP contribution in [0.1, 0.15) is 11.3 Å². The first-order valence-electron chi connectivity index (χ1n) is 5.82. The van der Waals surface area contributed by atoms with Crippen molar-refractivity contribution in [2.75, 3.05) is 11.9 Å². The van der Waals surface area contributed by atoms with Gasteiger partial charge in [-0.2, -0.15) is 0 Å². The van der Waals surface area contributed by atoms with Gasteiger partial charge in [0, 0.05) is 17.6 Å². The number of nitrogens with zero attached hydrogens (tertiary/aromatic N) is 1. The molecule has 0 unspecified atom stereocenters. The Kier molecular flexibility index (Phi) is 4.54. The summed E-state index contributed by atoms with van der Waals surface area (Å²) < 4.78 is 4.85. The molecule has 0 aliphatic rings. The number of aryl methyl sites for hydroxylation is 1. The Morgan fingerprint density at radius 1 is 1.42 bits per heavy atom. The molecule has 6 heteroatoms. The molecule has 0 saturated heterocycles. The minimum Gasteiger partial charge on any atom is -0.360 e. The van der Waals surface area contributed by atoms with Crippen LogP contribution in [-0.4, -0.2) is 17.6 Å². The van der Waals surface area contributed by atoms with Gasteiger partial charge in [-0.25, -0.2) is 0 Å². The fraction of sp³-hybridized carbons (Fsp3) is 0.231. The van der Waals surface area contributed by atoms with Crippen molar-refractivity contribution in [3.8, 4) is 0 Å². The number of carbonyl (C=O) groups is 1. The van der Waals surface area contributed by atoms with Gasteiger partial charge in [-0.05, 0) is 18.6 Å². The van der Waals surface area contributed by atoms with Gasteiger partial charge < -0.3 is 15.2 Å². The number of benzene rings is 1. The van der Waals surface area contributed by atoms with Crippen LogP contribution in [0.3, 0.4) is 0 Å². The molecule has 0 fully saturated rings. The van der Waals surface area contributed by atoms with Crippen LogP contribution in [0.15, 0.2) is 34.9 Å². The Balaban J connectivity index is 1.77. The second kappa shape index (κ2) is 6.36. The normalized spacial score (nSPS) is 10.4. The molecule has 0 spiro atoms. The number of hydrogen-bond donors (Lipinski definition) is 2. The Labute approximate surface area is 115 Å². The van der Waals surface area contributed by atoms with Gasteiger partial charge in [0.25, 0.3) is 0 Å². The molecular weight excluding hydrogens is 266 g/mol. The molecule has 2 N–H and O–H groups in total. The van der Waals surface area contributed by atoms with E-state index in [-0.39, 0.29) is 12.5 Å².